The van der Waals surface area contributed by atoms with E-state index in [4.69, 9.17) is 4.74 Å². The molecular formula is C14H20ClNO2. The fraction of sp³-hybridized carbons (Fsp3) is 0.500. The molecule has 1 aliphatic rings. The van der Waals surface area contributed by atoms with Crippen molar-refractivity contribution in [3.63, 3.8) is 0 Å². The van der Waals surface area contributed by atoms with E-state index in [0.717, 1.165) is 13.0 Å². The number of esters is 1. The molecule has 0 aromatic heterocycles. The van der Waals surface area contributed by atoms with Gasteiger partial charge in [0.15, 0.2) is 0 Å². The number of halogens is 1. The third kappa shape index (κ3) is 3.72. The zero-order valence-corrected chi connectivity index (χ0v) is 11.5. The molecular weight excluding hydrogens is 250 g/mol. The monoisotopic (exact) mass is 269 g/mol. The quantitative estimate of drug-likeness (QED) is 0.791. The molecule has 1 heterocycles. The van der Waals surface area contributed by atoms with Crippen LogP contribution >= 0.6 is 12.4 Å². The Morgan fingerprint density at radius 1 is 1.33 bits per heavy atom. The van der Waals surface area contributed by atoms with Crippen LogP contribution in [0.2, 0.25) is 0 Å². The Bertz CT molecular complexity index is 369. The van der Waals surface area contributed by atoms with Gasteiger partial charge in [0, 0.05) is 6.04 Å². The summed E-state index contributed by atoms with van der Waals surface area (Å²) in [5.41, 5.74) is 1.30. The second kappa shape index (κ2) is 7.39. The van der Waals surface area contributed by atoms with Crippen LogP contribution in [-0.4, -0.2) is 31.1 Å². The Labute approximate surface area is 115 Å². The van der Waals surface area contributed by atoms with Gasteiger partial charge in [-0.3, -0.25) is 9.69 Å². The first-order valence-corrected chi connectivity index (χ1v) is 6.17. The number of carbonyl (C=O) groups excluding carboxylic acids is 1. The van der Waals surface area contributed by atoms with Gasteiger partial charge in [0.25, 0.3) is 0 Å². The molecule has 0 N–H and O–H groups in total. The predicted octanol–water partition coefficient (Wildman–Crippen LogP) is 2.81. The number of carbonyl (C=O) groups is 1. The van der Waals surface area contributed by atoms with Gasteiger partial charge in [-0.1, -0.05) is 36.8 Å². The van der Waals surface area contributed by atoms with E-state index < -0.39 is 0 Å². The van der Waals surface area contributed by atoms with E-state index in [1.807, 2.05) is 6.07 Å². The summed E-state index contributed by atoms with van der Waals surface area (Å²) in [5, 5.41) is 0. The number of methoxy groups -OCH3 is 1. The second-order valence-electron chi connectivity index (χ2n) is 4.47. The Morgan fingerprint density at radius 2 is 2.06 bits per heavy atom. The summed E-state index contributed by atoms with van der Waals surface area (Å²) in [6.07, 6.45) is 3.53. The molecule has 0 aliphatic carbocycles. The maximum absolute atomic E-state index is 11.4. The number of hydrogen-bond acceptors (Lipinski definition) is 3. The van der Waals surface area contributed by atoms with Crippen molar-refractivity contribution in [3.05, 3.63) is 35.9 Å². The van der Waals surface area contributed by atoms with Crippen molar-refractivity contribution in [3.8, 4) is 0 Å². The summed E-state index contributed by atoms with van der Waals surface area (Å²) in [5.74, 6) is -0.146. The van der Waals surface area contributed by atoms with E-state index in [-0.39, 0.29) is 18.4 Å². The normalized spacial score (nSPS) is 19.9. The Morgan fingerprint density at radius 3 is 2.72 bits per heavy atom. The molecule has 1 aromatic rings. The number of nitrogens with zero attached hydrogens (tertiary/aromatic N) is 1. The molecule has 3 nitrogen and oxygen atoms in total. The van der Waals surface area contributed by atoms with E-state index in [1.165, 1.54) is 25.5 Å². The summed E-state index contributed by atoms with van der Waals surface area (Å²) >= 11 is 0. The highest BCUT2D eigenvalue weighted by molar-refractivity contribution is 5.85. The van der Waals surface area contributed by atoms with Crippen LogP contribution in [0, 0.1) is 0 Å². The minimum Gasteiger partial charge on any atom is -0.468 e. The Hall–Kier alpha value is -1.06. The lowest BCUT2D eigenvalue weighted by Crippen LogP contribution is -2.37. The average molecular weight is 270 g/mol. The molecule has 0 radical (unpaired) electrons. The van der Waals surface area contributed by atoms with Gasteiger partial charge in [0.1, 0.15) is 0 Å². The SMILES string of the molecule is COC(=O)CN1CCCCC1c1ccccc1.Cl. The molecule has 1 aromatic carbocycles. The van der Waals surface area contributed by atoms with Gasteiger partial charge in [0.05, 0.1) is 13.7 Å². The Balaban J connectivity index is 0.00000162. The zero-order valence-electron chi connectivity index (χ0n) is 10.7. The average Bonchev–Trinajstić information content (AvgIpc) is 2.40. The molecule has 1 saturated heterocycles. The highest BCUT2D eigenvalue weighted by atomic mass is 35.5. The largest absolute Gasteiger partial charge is 0.468 e. The van der Waals surface area contributed by atoms with Gasteiger partial charge < -0.3 is 4.74 Å². The highest BCUT2D eigenvalue weighted by Crippen LogP contribution is 2.30. The number of benzene rings is 1. The number of rotatable bonds is 3. The van der Waals surface area contributed by atoms with Crippen molar-refractivity contribution >= 4 is 18.4 Å². The van der Waals surface area contributed by atoms with Crippen LogP contribution in [0.3, 0.4) is 0 Å². The van der Waals surface area contributed by atoms with Gasteiger partial charge >= 0.3 is 5.97 Å². The molecule has 0 amide bonds. The molecule has 0 spiro atoms. The molecule has 2 rings (SSSR count). The van der Waals surface area contributed by atoms with E-state index >= 15 is 0 Å². The van der Waals surface area contributed by atoms with Gasteiger partial charge in [-0.25, -0.2) is 0 Å². The maximum atomic E-state index is 11.4. The molecule has 0 saturated carbocycles. The molecule has 1 fully saturated rings. The van der Waals surface area contributed by atoms with Gasteiger partial charge in [-0.2, -0.15) is 0 Å². The van der Waals surface area contributed by atoms with E-state index in [0.29, 0.717) is 12.6 Å². The third-order valence-corrected chi connectivity index (χ3v) is 3.36. The first-order valence-electron chi connectivity index (χ1n) is 6.17. The Kier molecular flexibility index (Phi) is 6.16. The van der Waals surface area contributed by atoms with Crippen molar-refractivity contribution in [1.82, 2.24) is 4.90 Å². The molecule has 18 heavy (non-hydrogen) atoms. The van der Waals surface area contributed by atoms with Crippen LogP contribution in [0.4, 0.5) is 0 Å². The number of piperidine rings is 1. The summed E-state index contributed by atoms with van der Waals surface area (Å²) < 4.78 is 4.76. The van der Waals surface area contributed by atoms with Crippen LogP contribution < -0.4 is 0 Å². The molecule has 1 aliphatic heterocycles. The van der Waals surface area contributed by atoms with E-state index in [1.54, 1.807) is 0 Å². The highest BCUT2D eigenvalue weighted by Gasteiger charge is 2.25. The molecule has 1 atom stereocenters. The first kappa shape index (κ1) is 15.0. The van der Waals surface area contributed by atoms with Crippen molar-refractivity contribution in [2.24, 2.45) is 0 Å². The van der Waals surface area contributed by atoms with Crippen LogP contribution in [0.5, 0.6) is 0 Å². The standard InChI is InChI=1S/C14H19NO2.ClH/c1-17-14(16)11-15-10-6-5-9-13(15)12-7-3-2-4-8-12;/h2-4,7-8,13H,5-6,9-11H2,1H3;1H. The first-order chi connectivity index (χ1) is 8.31. The summed E-state index contributed by atoms with van der Waals surface area (Å²) in [7, 11) is 1.45. The van der Waals surface area contributed by atoms with Crippen molar-refractivity contribution < 1.29 is 9.53 Å². The number of hydrogen-bond donors (Lipinski definition) is 0. The number of ether oxygens (including phenoxy) is 1. The lowest BCUT2D eigenvalue weighted by molar-refractivity contribution is -0.143. The van der Waals surface area contributed by atoms with Crippen LogP contribution in [0.1, 0.15) is 30.9 Å². The minimum atomic E-state index is -0.146. The molecule has 4 heteroatoms. The van der Waals surface area contributed by atoms with Crippen molar-refractivity contribution in [2.75, 3.05) is 20.2 Å². The molecule has 1 unspecified atom stereocenters. The van der Waals surface area contributed by atoms with Crippen molar-refractivity contribution in [2.45, 2.75) is 25.3 Å². The fourth-order valence-electron chi connectivity index (χ4n) is 2.46. The van der Waals surface area contributed by atoms with Crippen LogP contribution in [0.25, 0.3) is 0 Å². The molecule has 0 bridgehead atoms. The topological polar surface area (TPSA) is 29.5 Å². The van der Waals surface area contributed by atoms with Gasteiger partial charge in [-0.05, 0) is 24.9 Å². The van der Waals surface area contributed by atoms with Gasteiger partial charge in [-0.15, -0.1) is 12.4 Å². The van der Waals surface area contributed by atoms with E-state index in [9.17, 15) is 4.79 Å². The molecule has 100 valence electrons. The van der Waals surface area contributed by atoms with Crippen LogP contribution in [-0.2, 0) is 9.53 Å². The second-order valence-corrected chi connectivity index (χ2v) is 4.47. The third-order valence-electron chi connectivity index (χ3n) is 3.36. The minimum absolute atomic E-state index is 0. The van der Waals surface area contributed by atoms with Gasteiger partial charge in [0.2, 0.25) is 0 Å². The number of likely N-dealkylation sites (tertiary alicyclic amines) is 1. The smallest absolute Gasteiger partial charge is 0.319 e. The summed E-state index contributed by atoms with van der Waals surface area (Å²) in [4.78, 5) is 13.6. The van der Waals surface area contributed by atoms with E-state index in [2.05, 4.69) is 29.2 Å². The van der Waals surface area contributed by atoms with Crippen molar-refractivity contribution in [1.29, 1.82) is 0 Å². The zero-order chi connectivity index (χ0) is 12.1. The summed E-state index contributed by atoms with van der Waals surface area (Å²) in [6.45, 7) is 1.38. The lowest BCUT2D eigenvalue weighted by atomic mass is 9.95. The lowest BCUT2D eigenvalue weighted by Gasteiger charge is -2.35. The fourth-order valence-corrected chi connectivity index (χ4v) is 2.46. The maximum Gasteiger partial charge on any atom is 0.319 e. The summed E-state index contributed by atoms with van der Waals surface area (Å²) in [6, 6.07) is 10.8. The predicted molar refractivity (Wildman–Crippen MR) is 73.9 cm³/mol. The van der Waals surface area contributed by atoms with Crippen LogP contribution in [0.15, 0.2) is 30.3 Å².